The van der Waals surface area contributed by atoms with E-state index in [1.165, 1.54) is 22.9 Å². The van der Waals surface area contributed by atoms with Crippen molar-refractivity contribution in [3.05, 3.63) is 59.7 Å². The minimum absolute atomic E-state index is 0.126. The summed E-state index contributed by atoms with van der Waals surface area (Å²) in [6.07, 6.45) is 1.88. The van der Waals surface area contributed by atoms with Gasteiger partial charge in [-0.3, -0.25) is 4.79 Å². The van der Waals surface area contributed by atoms with Crippen LogP contribution in [0.4, 0.5) is 5.69 Å². The van der Waals surface area contributed by atoms with E-state index in [2.05, 4.69) is 59.8 Å². The van der Waals surface area contributed by atoms with Gasteiger partial charge < -0.3 is 9.47 Å². The molecule has 0 saturated carbocycles. The second-order valence-electron chi connectivity index (χ2n) is 7.98. The fourth-order valence-corrected chi connectivity index (χ4v) is 5.03. The Hall–Kier alpha value is -2.60. The highest BCUT2D eigenvalue weighted by Crippen LogP contribution is 2.35. The third-order valence-corrected chi connectivity index (χ3v) is 6.58. The Balaban J connectivity index is 1.59. The van der Waals surface area contributed by atoms with Crippen LogP contribution >= 0.6 is 11.8 Å². The van der Waals surface area contributed by atoms with Gasteiger partial charge in [-0.2, -0.15) is 0 Å². The van der Waals surface area contributed by atoms with Crippen LogP contribution in [0.15, 0.2) is 53.7 Å². The average molecular weight is 421 g/mol. The van der Waals surface area contributed by atoms with Crippen molar-refractivity contribution in [2.75, 3.05) is 4.90 Å². The molecular weight excluding hydrogens is 392 g/mol. The smallest absolute Gasteiger partial charge is 0.240 e. The van der Waals surface area contributed by atoms with E-state index in [1.807, 2.05) is 36.1 Å². The van der Waals surface area contributed by atoms with Gasteiger partial charge in [-0.1, -0.05) is 60.6 Å². The van der Waals surface area contributed by atoms with Gasteiger partial charge in [0.1, 0.15) is 0 Å². The lowest BCUT2D eigenvalue weighted by Gasteiger charge is -2.25. The molecule has 3 aromatic rings. The van der Waals surface area contributed by atoms with Gasteiger partial charge in [-0.15, -0.1) is 10.2 Å². The Morgan fingerprint density at radius 1 is 1.20 bits per heavy atom. The molecule has 0 spiro atoms. The predicted molar refractivity (Wildman–Crippen MR) is 123 cm³/mol. The summed E-state index contributed by atoms with van der Waals surface area (Å²) in [4.78, 5) is 15.3. The standard InChI is InChI=1S/C24H28N4OS/c1-5-13-27-22(20-11-8-9-16(2)14-20)25-26-24(27)30-18(4)23(29)28-17(3)15-19-10-6-7-12-21(19)28/h6-12,14,17-18H,5,13,15H2,1-4H3. The van der Waals surface area contributed by atoms with E-state index in [4.69, 9.17) is 0 Å². The number of hydrogen-bond acceptors (Lipinski definition) is 4. The van der Waals surface area contributed by atoms with Crippen LogP contribution < -0.4 is 4.90 Å². The van der Waals surface area contributed by atoms with Crippen LogP contribution in [0.5, 0.6) is 0 Å². The Labute approximate surface area is 182 Å². The summed E-state index contributed by atoms with van der Waals surface area (Å²) in [5, 5.41) is 9.49. The van der Waals surface area contributed by atoms with Crippen LogP contribution in [0, 0.1) is 6.92 Å². The van der Waals surface area contributed by atoms with E-state index in [-0.39, 0.29) is 17.2 Å². The van der Waals surface area contributed by atoms with E-state index in [1.54, 1.807) is 0 Å². The maximum atomic E-state index is 13.4. The average Bonchev–Trinajstić information content (AvgIpc) is 3.27. The summed E-state index contributed by atoms with van der Waals surface area (Å²) in [5.41, 5.74) is 4.53. The zero-order chi connectivity index (χ0) is 21.3. The van der Waals surface area contributed by atoms with E-state index in [9.17, 15) is 4.79 Å². The molecule has 5 nitrogen and oxygen atoms in total. The SMILES string of the molecule is CCCn1c(SC(C)C(=O)N2c3ccccc3CC2C)nnc1-c1cccc(C)c1. The van der Waals surface area contributed by atoms with Crippen molar-refractivity contribution in [2.24, 2.45) is 0 Å². The van der Waals surface area contributed by atoms with Crippen molar-refractivity contribution < 1.29 is 4.79 Å². The monoisotopic (exact) mass is 420 g/mol. The fourth-order valence-electron chi connectivity index (χ4n) is 4.10. The van der Waals surface area contributed by atoms with Crippen molar-refractivity contribution in [1.29, 1.82) is 0 Å². The summed E-state index contributed by atoms with van der Waals surface area (Å²) in [6.45, 7) is 9.13. The number of aryl methyl sites for hydroxylation is 1. The Morgan fingerprint density at radius 2 is 2.00 bits per heavy atom. The number of fused-ring (bicyclic) bond motifs is 1. The molecular formula is C24H28N4OS. The molecule has 1 aliphatic heterocycles. The Kier molecular flexibility index (Phi) is 5.95. The van der Waals surface area contributed by atoms with Crippen molar-refractivity contribution in [3.63, 3.8) is 0 Å². The van der Waals surface area contributed by atoms with Gasteiger partial charge >= 0.3 is 0 Å². The quantitative estimate of drug-likeness (QED) is 0.519. The number of carbonyl (C=O) groups is 1. The number of nitrogens with zero attached hydrogens (tertiary/aromatic N) is 4. The second kappa shape index (κ2) is 8.64. The zero-order valence-corrected chi connectivity index (χ0v) is 18.8. The Morgan fingerprint density at radius 3 is 2.77 bits per heavy atom. The molecule has 0 aliphatic carbocycles. The first-order chi connectivity index (χ1) is 14.5. The summed E-state index contributed by atoms with van der Waals surface area (Å²) < 4.78 is 2.14. The second-order valence-corrected chi connectivity index (χ2v) is 9.29. The number of thioether (sulfide) groups is 1. The highest BCUT2D eigenvalue weighted by atomic mass is 32.2. The predicted octanol–water partition coefficient (Wildman–Crippen LogP) is 5.12. The number of aromatic nitrogens is 3. The number of amides is 1. The number of benzene rings is 2. The van der Waals surface area contributed by atoms with Gasteiger partial charge in [0.15, 0.2) is 11.0 Å². The fraction of sp³-hybridized carbons (Fsp3) is 0.375. The number of carbonyl (C=O) groups excluding carboxylic acids is 1. The van der Waals surface area contributed by atoms with Crippen LogP contribution in [0.25, 0.3) is 11.4 Å². The summed E-state index contributed by atoms with van der Waals surface area (Å²) in [6, 6.07) is 16.7. The van der Waals surface area contributed by atoms with Gasteiger partial charge in [0.05, 0.1) is 5.25 Å². The molecule has 1 aromatic heterocycles. The third kappa shape index (κ3) is 3.88. The van der Waals surface area contributed by atoms with Gasteiger partial charge in [-0.25, -0.2) is 0 Å². The van der Waals surface area contributed by atoms with Gasteiger partial charge in [-0.05, 0) is 51.3 Å². The minimum Gasteiger partial charge on any atom is -0.308 e. The number of hydrogen-bond donors (Lipinski definition) is 0. The van der Waals surface area contributed by atoms with Crippen LogP contribution in [-0.2, 0) is 17.8 Å². The molecule has 156 valence electrons. The highest BCUT2D eigenvalue weighted by Gasteiger charge is 2.34. The first-order valence-corrected chi connectivity index (χ1v) is 11.5. The number of rotatable bonds is 6. The topological polar surface area (TPSA) is 51.0 Å². The molecule has 2 heterocycles. The molecule has 2 unspecified atom stereocenters. The molecule has 2 aromatic carbocycles. The van der Waals surface area contributed by atoms with Crippen LogP contribution in [-0.4, -0.2) is 32.0 Å². The van der Waals surface area contributed by atoms with Gasteiger partial charge in [0, 0.05) is 23.8 Å². The summed E-state index contributed by atoms with van der Waals surface area (Å²) in [7, 11) is 0. The van der Waals surface area contributed by atoms with Crippen molar-refractivity contribution >= 4 is 23.4 Å². The van der Waals surface area contributed by atoms with Gasteiger partial charge in [0.2, 0.25) is 5.91 Å². The van der Waals surface area contributed by atoms with E-state index in [0.29, 0.717) is 0 Å². The van der Waals surface area contributed by atoms with E-state index in [0.717, 1.165) is 41.6 Å². The maximum absolute atomic E-state index is 13.4. The molecule has 0 fully saturated rings. The van der Waals surface area contributed by atoms with Crippen LogP contribution in [0.2, 0.25) is 0 Å². The first-order valence-electron chi connectivity index (χ1n) is 10.6. The molecule has 0 radical (unpaired) electrons. The first kappa shape index (κ1) is 20.7. The maximum Gasteiger partial charge on any atom is 0.240 e. The molecule has 2 atom stereocenters. The Bertz CT molecular complexity index is 1060. The molecule has 0 N–H and O–H groups in total. The number of para-hydroxylation sites is 1. The lowest BCUT2D eigenvalue weighted by Crippen LogP contribution is -2.40. The normalized spacial score (nSPS) is 16.5. The molecule has 4 rings (SSSR count). The highest BCUT2D eigenvalue weighted by molar-refractivity contribution is 8.00. The lowest BCUT2D eigenvalue weighted by atomic mass is 10.1. The van der Waals surface area contributed by atoms with Crippen molar-refractivity contribution in [3.8, 4) is 11.4 Å². The largest absolute Gasteiger partial charge is 0.308 e. The molecule has 30 heavy (non-hydrogen) atoms. The third-order valence-electron chi connectivity index (χ3n) is 5.51. The number of anilines is 1. The zero-order valence-electron chi connectivity index (χ0n) is 18.0. The van der Waals surface area contributed by atoms with Crippen LogP contribution in [0.3, 0.4) is 0 Å². The van der Waals surface area contributed by atoms with Crippen molar-refractivity contribution in [1.82, 2.24) is 14.8 Å². The summed E-state index contributed by atoms with van der Waals surface area (Å²) >= 11 is 1.50. The lowest BCUT2D eigenvalue weighted by molar-refractivity contribution is -0.118. The van der Waals surface area contributed by atoms with Crippen LogP contribution in [0.1, 0.15) is 38.3 Å². The molecule has 0 saturated heterocycles. The van der Waals surface area contributed by atoms with Gasteiger partial charge in [0.25, 0.3) is 0 Å². The minimum atomic E-state index is -0.247. The van der Waals surface area contributed by atoms with E-state index >= 15 is 0 Å². The summed E-state index contributed by atoms with van der Waals surface area (Å²) in [5.74, 6) is 0.989. The molecule has 1 aliphatic rings. The molecule has 1 amide bonds. The van der Waals surface area contributed by atoms with Crippen molar-refractivity contribution in [2.45, 2.75) is 63.5 Å². The van der Waals surface area contributed by atoms with E-state index < -0.39 is 0 Å². The molecule has 6 heteroatoms. The molecule has 0 bridgehead atoms.